The molecular weight excluding hydrogens is 630 g/mol. The van der Waals surface area contributed by atoms with Crippen molar-refractivity contribution in [1.29, 1.82) is 0 Å². The SMILES string of the molecule is Cc1cc(Nc2nc(Nc3ccc(OCCOCCNc4cccc5c4C(=O)N(C4CCC(=O)NC4=O)C5=O)cc3)ncc2Cl)n[nH]1. The van der Waals surface area contributed by atoms with Crippen LogP contribution in [0.4, 0.5) is 29.0 Å². The van der Waals surface area contributed by atoms with Gasteiger partial charge < -0.3 is 25.4 Å². The molecule has 4 aromatic rings. The number of hydrogen-bond acceptors (Lipinski definition) is 12. The lowest BCUT2D eigenvalue weighted by Gasteiger charge is -2.27. The van der Waals surface area contributed by atoms with Crippen molar-refractivity contribution < 1.29 is 28.7 Å². The Morgan fingerprint density at radius 1 is 1.02 bits per heavy atom. The average molecular weight is 660 g/mol. The number of carbonyl (C=O) groups is 4. The fraction of sp³-hybridized carbons (Fsp3) is 0.258. The molecule has 2 aromatic carbocycles. The van der Waals surface area contributed by atoms with Crippen LogP contribution < -0.4 is 26.0 Å². The minimum absolute atomic E-state index is 0.0606. The van der Waals surface area contributed by atoms with Crippen molar-refractivity contribution in [3.05, 3.63) is 76.6 Å². The molecule has 1 saturated heterocycles. The maximum Gasteiger partial charge on any atom is 0.264 e. The topological polar surface area (TPSA) is 193 Å². The summed E-state index contributed by atoms with van der Waals surface area (Å²) in [5.74, 6) is -0.191. The molecular formula is C31H30ClN9O6. The third-order valence-corrected chi connectivity index (χ3v) is 7.61. The normalized spacial score (nSPS) is 15.8. The van der Waals surface area contributed by atoms with Gasteiger partial charge in [-0.25, -0.2) is 4.98 Å². The zero-order valence-corrected chi connectivity index (χ0v) is 25.9. The van der Waals surface area contributed by atoms with Gasteiger partial charge in [0, 0.05) is 36.1 Å². The van der Waals surface area contributed by atoms with Crippen LogP contribution in [0.15, 0.2) is 54.7 Å². The van der Waals surface area contributed by atoms with Crippen molar-refractivity contribution in [2.75, 3.05) is 42.3 Å². The quantitative estimate of drug-likeness (QED) is 0.104. The zero-order valence-electron chi connectivity index (χ0n) is 25.1. The number of aromatic nitrogens is 4. The lowest BCUT2D eigenvalue weighted by atomic mass is 10.0. The molecule has 16 heteroatoms. The standard InChI is InChI=1S/C31H30ClN9O6/c1-17-15-24(40-39-17)36-27-21(32)16-34-31(38-27)35-18-5-7-19(8-6-18)47-14-13-46-12-11-33-22-4-2-3-20-26(22)30(45)41(29(20)44)23-9-10-25(42)37-28(23)43/h2-8,15-16,23,33H,9-14H2,1H3,(H,37,42,43)(H3,34,35,36,38,39,40). The molecule has 5 N–H and O–H groups in total. The van der Waals surface area contributed by atoms with Crippen molar-refractivity contribution in [2.45, 2.75) is 25.8 Å². The summed E-state index contributed by atoms with van der Waals surface area (Å²) in [7, 11) is 0. The second-order valence-corrected chi connectivity index (χ2v) is 11.1. The zero-order chi connectivity index (χ0) is 32.9. The van der Waals surface area contributed by atoms with Gasteiger partial charge in [0.2, 0.25) is 17.8 Å². The fourth-order valence-electron chi connectivity index (χ4n) is 5.12. The number of fused-ring (bicyclic) bond motifs is 1. The van der Waals surface area contributed by atoms with E-state index in [4.69, 9.17) is 21.1 Å². The van der Waals surface area contributed by atoms with Crippen LogP contribution in [-0.4, -0.2) is 81.1 Å². The number of amides is 4. The Morgan fingerprint density at radius 3 is 2.62 bits per heavy atom. The van der Waals surface area contributed by atoms with Gasteiger partial charge in [0.1, 0.15) is 23.4 Å². The smallest absolute Gasteiger partial charge is 0.264 e. The summed E-state index contributed by atoms with van der Waals surface area (Å²) in [5.41, 5.74) is 2.52. The largest absolute Gasteiger partial charge is 0.491 e. The van der Waals surface area contributed by atoms with Crippen LogP contribution in [0.3, 0.4) is 0 Å². The highest BCUT2D eigenvalue weighted by Crippen LogP contribution is 2.32. The number of benzene rings is 2. The molecule has 1 atom stereocenters. The number of anilines is 5. The second kappa shape index (κ2) is 13.8. The number of halogens is 1. The molecule has 2 aliphatic heterocycles. The van der Waals surface area contributed by atoms with Crippen LogP contribution >= 0.6 is 11.6 Å². The van der Waals surface area contributed by atoms with E-state index in [0.717, 1.165) is 16.3 Å². The van der Waals surface area contributed by atoms with Gasteiger partial charge in [-0.1, -0.05) is 17.7 Å². The number of piperidine rings is 1. The number of carbonyl (C=O) groups excluding carboxylic acids is 4. The molecule has 2 aromatic heterocycles. The number of hydrogen-bond donors (Lipinski definition) is 5. The molecule has 242 valence electrons. The first kappa shape index (κ1) is 31.4. The summed E-state index contributed by atoms with van der Waals surface area (Å²) in [5, 5.41) is 18.8. The Hall–Kier alpha value is -5.54. The molecule has 1 fully saturated rings. The van der Waals surface area contributed by atoms with E-state index in [9.17, 15) is 19.2 Å². The van der Waals surface area contributed by atoms with E-state index in [0.29, 0.717) is 60.4 Å². The Balaban J connectivity index is 0.931. The summed E-state index contributed by atoms with van der Waals surface area (Å²) < 4.78 is 11.4. The van der Waals surface area contributed by atoms with Crippen molar-refractivity contribution in [3.8, 4) is 5.75 Å². The van der Waals surface area contributed by atoms with E-state index in [1.165, 1.54) is 6.20 Å². The third kappa shape index (κ3) is 7.15. The summed E-state index contributed by atoms with van der Waals surface area (Å²) in [6, 6.07) is 13.0. The van der Waals surface area contributed by atoms with Gasteiger partial charge in [-0.2, -0.15) is 10.1 Å². The highest BCUT2D eigenvalue weighted by molar-refractivity contribution is 6.33. The highest BCUT2D eigenvalue weighted by atomic mass is 35.5. The monoisotopic (exact) mass is 659 g/mol. The molecule has 6 rings (SSSR count). The van der Waals surface area contributed by atoms with E-state index >= 15 is 0 Å². The van der Waals surface area contributed by atoms with Gasteiger partial charge in [0.25, 0.3) is 11.8 Å². The summed E-state index contributed by atoms with van der Waals surface area (Å²) in [4.78, 5) is 59.6. The molecule has 0 bridgehead atoms. The lowest BCUT2D eigenvalue weighted by Crippen LogP contribution is -2.54. The van der Waals surface area contributed by atoms with E-state index in [1.807, 2.05) is 25.1 Å². The van der Waals surface area contributed by atoms with Crippen LogP contribution in [0.1, 0.15) is 39.3 Å². The minimum Gasteiger partial charge on any atom is -0.491 e. The van der Waals surface area contributed by atoms with E-state index in [-0.39, 0.29) is 24.0 Å². The Kier molecular flexibility index (Phi) is 9.26. The van der Waals surface area contributed by atoms with Crippen LogP contribution in [0.2, 0.25) is 5.02 Å². The van der Waals surface area contributed by atoms with Crippen molar-refractivity contribution in [1.82, 2.24) is 30.4 Å². The van der Waals surface area contributed by atoms with Crippen LogP contribution in [0.25, 0.3) is 0 Å². The van der Waals surface area contributed by atoms with Gasteiger partial charge in [-0.3, -0.25) is 34.5 Å². The first-order valence-electron chi connectivity index (χ1n) is 14.7. The number of H-pyrrole nitrogens is 1. The van der Waals surface area contributed by atoms with E-state index in [1.54, 1.807) is 30.3 Å². The predicted molar refractivity (Wildman–Crippen MR) is 171 cm³/mol. The number of ether oxygens (including phenoxy) is 2. The number of nitrogens with zero attached hydrogens (tertiary/aromatic N) is 4. The highest BCUT2D eigenvalue weighted by Gasteiger charge is 2.45. The molecule has 2 aliphatic rings. The molecule has 4 heterocycles. The Bertz CT molecular complexity index is 1830. The average Bonchev–Trinajstić information content (AvgIpc) is 3.58. The fourth-order valence-corrected chi connectivity index (χ4v) is 5.26. The van der Waals surface area contributed by atoms with Crippen molar-refractivity contribution in [3.63, 3.8) is 0 Å². The Morgan fingerprint density at radius 2 is 1.85 bits per heavy atom. The molecule has 0 radical (unpaired) electrons. The number of aryl methyl sites for hydroxylation is 1. The van der Waals surface area contributed by atoms with Crippen molar-refractivity contribution in [2.24, 2.45) is 0 Å². The van der Waals surface area contributed by atoms with Gasteiger partial charge in [0.05, 0.1) is 30.5 Å². The van der Waals surface area contributed by atoms with Gasteiger partial charge in [-0.05, 0) is 49.7 Å². The van der Waals surface area contributed by atoms with E-state index < -0.39 is 29.7 Å². The first-order valence-corrected chi connectivity index (χ1v) is 15.1. The summed E-state index contributed by atoms with van der Waals surface area (Å²) in [6.07, 6.45) is 1.65. The van der Waals surface area contributed by atoms with Gasteiger partial charge >= 0.3 is 0 Å². The molecule has 15 nitrogen and oxygen atoms in total. The van der Waals surface area contributed by atoms with Crippen molar-refractivity contribution >= 4 is 64.2 Å². The minimum atomic E-state index is -1.02. The van der Waals surface area contributed by atoms with Crippen LogP contribution in [0, 0.1) is 6.92 Å². The number of nitrogens with one attached hydrogen (secondary N) is 5. The van der Waals surface area contributed by atoms with Crippen LogP contribution in [0.5, 0.6) is 5.75 Å². The molecule has 4 amide bonds. The Labute approximate surface area is 273 Å². The number of imide groups is 2. The van der Waals surface area contributed by atoms with E-state index in [2.05, 4.69) is 41.4 Å². The molecule has 0 spiro atoms. The third-order valence-electron chi connectivity index (χ3n) is 7.33. The summed E-state index contributed by atoms with van der Waals surface area (Å²) in [6.45, 7) is 3.19. The van der Waals surface area contributed by atoms with Gasteiger partial charge in [-0.15, -0.1) is 0 Å². The first-order chi connectivity index (χ1) is 22.8. The van der Waals surface area contributed by atoms with Crippen LogP contribution in [-0.2, 0) is 14.3 Å². The number of rotatable bonds is 13. The summed E-state index contributed by atoms with van der Waals surface area (Å²) >= 11 is 6.23. The number of aromatic amines is 1. The van der Waals surface area contributed by atoms with Gasteiger partial charge in [0.15, 0.2) is 11.6 Å². The molecule has 1 unspecified atom stereocenters. The second-order valence-electron chi connectivity index (χ2n) is 10.7. The molecule has 0 saturated carbocycles. The lowest BCUT2D eigenvalue weighted by molar-refractivity contribution is -0.136. The maximum atomic E-state index is 13.2. The maximum absolute atomic E-state index is 13.2. The molecule has 47 heavy (non-hydrogen) atoms. The molecule has 0 aliphatic carbocycles. The predicted octanol–water partition coefficient (Wildman–Crippen LogP) is 3.56.